The second kappa shape index (κ2) is 6.37. The van der Waals surface area contributed by atoms with Crippen molar-refractivity contribution in [2.75, 3.05) is 19.6 Å². The number of rotatable bonds is 4. The lowest BCUT2D eigenvalue weighted by atomic mass is 10.1. The molecule has 1 aliphatic rings. The molecule has 7 heteroatoms. The third-order valence-electron chi connectivity index (χ3n) is 2.83. The fourth-order valence-electron chi connectivity index (χ4n) is 1.79. The zero-order valence-electron chi connectivity index (χ0n) is 10.1. The van der Waals surface area contributed by atoms with Crippen LogP contribution < -0.4 is 10.0 Å². The normalized spacial score (nSPS) is 16.2. The van der Waals surface area contributed by atoms with Crippen LogP contribution in [0.4, 0.5) is 0 Å². The molecule has 0 unspecified atom stereocenters. The third-order valence-corrected chi connectivity index (χ3v) is 5.44. The Morgan fingerprint density at radius 1 is 1.42 bits per heavy atom. The highest BCUT2D eigenvalue weighted by molar-refractivity contribution is 9.10. The Balaban J connectivity index is 2.11. The standard InChI is InChI=1S/C12H14BrClN2O2S/c13-11-7-10(14)1-2-12(11)19(17,18)16-8-9-3-5-15-6-4-9/h1-3,7,15-16H,4-6,8H2. The monoisotopic (exact) mass is 364 g/mol. The first kappa shape index (κ1) is 15.0. The lowest BCUT2D eigenvalue weighted by Crippen LogP contribution is -2.29. The van der Waals surface area contributed by atoms with Gasteiger partial charge in [-0.05, 0) is 47.1 Å². The van der Waals surface area contributed by atoms with E-state index >= 15 is 0 Å². The van der Waals surface area contributed by atoms with Crippen molar-refractivity contribution in [2.24, 2.45) is 0 Å². The predicted octanol–water partition coefficient (Wildman–Crippen LogP) is 2.30. The minimum atomic E-state index is -3.52. The number of hydrogen-bond donors (Lipinski definition) is 2. The van der Waals surface area contributed by atoms with Gasteiger partial charge in [-0.2, -0.15) is 0 Å². The summed E-state index contributed by atoms with van der Waals surface area (Å²) in [7, 11) is -3.52. The fourth-order valence-corrected chi connectivity index (χ4v) is 4.20. The average molecular weight is 366 g/mol. The van der Waals surface area contributed by atoms with E-state index in [9.17, 15) is 8.42 Å². The van der Waals surface area contributed by atoms with Crippen molar-refractivity contribution in [3.8, 4) is 0 Å². The summed E-state index contributed by atoms with van der Waals surface area (Å²) in [6.45, 7) is 2.03. The predicted molar refractivity (Wildman–Crippen MR) is 79.9 cm³/mol. The summed E-state index contributed by atoms with van der Waals surface area (Å²) in [5, 5.41) is 3.68. The van der Waals surface area contributed by atoms with Crippen molar-refractivity contribution in [2.45, 2.75) is 11.3 Å². The zero-order chi connectivity index (χ0) is 13.9. The molecule has 0 spiro atoms. The average Bonchev–Trinajstić information content (AvgIpc) is 2.37. The number of sulfonamides is 1. The molecule has 0 bridgehead atoms. The van der Waals surface area contributed by atoms with E-state index in [0.717, 1.165) is 25.1 Å². The topological polar surface area (TPSA) is 58.2 Å². The molecule has 0 amide bonds. The third kappa shape index (κ3) is 4.03. The van der Waals surface area contributed by atoms with E-state index in [0.29, 0.717) is 16.0 Å². The van der Waals surface area contributed by atoms with Gasteiger partial charge in [0, 0.05) is 22.6 Å². The molecule has 2 rings (SSSR count). The Bertz CT molecular complexity index is 602. The lowest BCUT2D eigenvalue weighted by molar-refractivity contribution is 0.582. The highest BCUT2D eigenvalue weighted by Gasteiger charge is 2.18. The quantitative estimate of drug-likeness (QED) is 0.805. The van der Waals surface area contributed by atoms with Gasteiger partial charge < -0.3 is 5.32 Å². The molecule has 2 N–H and O–H groups in total. The number of benzene rings is 1. The SMILES string of the molecule is O=S(=O)(NCC1=CCNCC1)c1ccc(Cl)cc1Br. The van der Waals surface area contributed by atoms with E-state index < -0.39 is 10.0 Å². The Morgan fingerprint density at radius 3 is 2.84 bits per heavy atom. The summed E-state index contributed by atoms with van der Waals surface area (Å²) in [5.41, 5.74) is 1.10. The zero-order valence-corrected chi connectivity index (χ0v) is 13.3. The van der Waals surface area contributed by atoms with E-state index in [1.807, 2.05) is 6.08 Å². The molecule has 0 radical (unpaired) electrons. The first-order chi connectivity index (χ1) is 8.99. The van der Waals surface area contributed by atoms with E-state index in [2.05, 4.69) is 26.0 Å². The van der Waals surface area contributed by atoms with Gasteiger partial charge in [-0.15, -0.1) is 0 Å². The molecule has 104 valence electrons. The van der Waals surface area contributed by atoms with Gasteiger partial charge >= 0.3 is 0 Å². The van der Waals surface area contributed by atoms with Gasteiger partial charge in [0.25, 0.3) is 0 Å². The van der Waals surface area contributed by atoms with Crippen LogP contribution >= 0.6 is 27.5 Å². The molecule has 0 atom stereocenters. The molecule has 0 aromatic heterocycles. The van der Waals surface area contributed by atoms with Crippen LogP contribution in [0.3, 0.4) is 0 Å². The molecular formula is C12H14BrClN2O2S. The fraction of sp³-hybridized carbons (Fsp3) is 0.333. The van der Waals surface area contributed by atoms with Gasteiger partial charge in [-0.3, -0.25) is 0 Å². The molecule has 0 saturated carbocycles. The maximum atomic E-state index is 12.2. The molecule has 0 saturated heterocycles. The van der Waals surface area contributed by atoms with E-state index in [4.69, 9.17) is 11.6 Å². The summed E-state index contributed by atoms with van der Waals surface area (Å²) in [6.07, 6.45) is 2.88. The van der Waals surface area contributed by atoms with Crippen LogP contribution in [-0.4, -0.2) is 28.1 Å². The molecule has 4 nitrogen and oxygen atoms in total. The summed E-state index contributed by atoms with van der Waals surface area (Å²) >= 11 is 9.03. The van der Waals surface area contributed by atoms with Gasteiger partial charge in [-0.25, -0.2) is 13.1 Å². The number of hydrogen-bond acceptors (Lipinski definition) is 3. The summed E-state index contributed by atoms with van der Waals surface area (Å²) in [6, 6.07) is 4.62. The largest absolute Gasteiger partial charge is 0.313 e. The highest BCUT2D eigenvalue weighted by atomic mass is 79.9. The molecular weight excluding hydrogens is 352 g/mol. The van der Waals surface area contributed by atoms with Crippen LogP contribution in [0, 0.1) is 0 Å². The Kier molecular flexibility index (Phi) is 5.03. The van der Waals surface area contributed by atoms with Crippen molar-refractivity contribution in [1.82, 2.24) is 10.0 Å². The van der Waals surface area contributed by atoms with Crippen LogP contribution in [0.1, 0.15) is 6.42 Å². The second-order valence-corrected chi connectivity index (χ2v) is 7.24. The van der Waals surface area contributed by atoms with Crippen molar-refractivity contribution < 1.29 is 8.42 Å². The van der Waals surface area contributed by atoms with Crippen LogP contribution in [0.15, 0.2) is 39.2 Å². The number of nitrogens with one attached hydrogen (secondary N) is 2. The maximum Gasteiger partial charge on any atom is 0.241 e. The van der Waals surface area contributed by atoms with Gasteiger partial charge in [0.1, 0.15) is 0 Å². The Hall–Kier alpha value is -0.400. The van der Waals surface area contributed by atoms with Crippen LogP contribution in [-0.2, 0) is 10.0 Å². The van der Waals surface area contributed by atoms with Crippen LogP contribution in [0.25, 0.3) is 0 Å². The van der Waals surface area contributed by atoms with Crippen molar-refractivity contribution >= 4 is 37.6 Å². The molecule has 1 aromatic carbocycles. The molecule has 0 fully saturated rings. The van der Waals surface area contributed by atoms with Gasteiger partial charge in [0.15, 0.2) is 0 Å². The first-order valence-electron chi connectivity index (χ1n) is 5.82. The van der Waals surface area contributed by atoms with Gasteiger partial charge in [-0.1, -0.05) is 23.3 Å². The second-order valence-electron chi connectivity index (χ2n) is 4.22. The van der Waals surface area contributed by atoms with Crippen molar-refractivity contribution in [3.05, 3.63) is 39.3 Å². The summed E-state index contributed by atoms with van der Waals surface area (Å²) in [4.78, 5) is 0.200. The molecule has 1 aromatic rings. The van der Waals surface area contributed by atoms with Crippen LogP contribution in [0.5, 0.6) is 0 Å². The highest BCUT2D eigenvalue weighted by Crippen LogP contribution is 2.25. The lowest BCUT2D eigenvalue weighted by Gasteiger charge is -2.15. The van der Waals surface area contributed by atoms with Crippen LogP contribution in [0.2, 0.25) is 5.02 Å². The van der Waals surface area contributed by atoms with Gasteiger partial charge in [0.2, 0.25) is 10.0 Å². The van der Waals surface area contributed by atoms with E-state index in [-0.39, 0.29) is 4.90 Å². The van der Waals surface area contributed by atoms with Crippen molar-refractivity contribution in [3.63, 3.8) is 0 Å². The molecule has 19 heavy (non-hydrogen) atoms. The smallest absolute Gasteiger partial charge is 0.241 e. The molecule has 1 heterocycles. The minimum absolute atomic E-state index is 0.200. The number of halogens is 2. The van der Waals surface area contributed by atoms with Crippen molar-refractivity contribution in [1.29, 1.82) is 0 Å². The van der Waals surface area contributed by atoms with E-state index in [1.54, 1.807) is 12.1 Å². The summed E-state index contributed by atoms with van der Waals surface area (Å²) < 4.78 is 27.4. The summed E-state index contributed by atoms with van der Waals surface area (Å²) in [5.74, 6) is 0. The Morgan fingerprint density at radius 2 is 2.21 bits per heavy atom. The molecule has 0 aliphatic carbocycles. The Labute approximate surface area is 126 Å². The van der Waals surface area contributed by atoms with E-state index in [1.165, 1.54) is 6.07 Å². The minimum Gasteiger partial charge on any atom is -0.313 e. The first-order valence-corrected chi connectivity index (χ1v) is 8.48. The van der Waals surface area contributed by atoms with Gasteiger partial charge in [0.05, 0.1) is 4.90 Å². The molecule has 1 aliphatic heterocycles. The maximum absolute atomic E-state index is 12.2.